The summed E-state index contributed by atoms with van der Waals surface area (Å²) >= 11 is 1.40. The van der Waals surface area contributed by atoms with Crippen molar-refractivity contribution in [2.45, 2.75) is 25.7 Å². The van der Waals surface area contributed by atoms with Crippen molar-refractivity contribution < 1.29 is 22.4 Å². The lowest BCUT2D eigenvalue weighted by molar-refractivity contribution is -0.137. The Bertz CT molecular complexity index is 1690. The van der Waals surface area contributed by atoms with Gasteiger partial charge in [-0.05, 0) is 48.9 Å². The molecule has 1 aromatic carbocycles. The number of rotatable bonds is 7. The van der Waals surface area contributed by atoms with Gasteiger partial charge in [0, 0.05) is 16.5 Å². The molecule has 40 heavy (non-hydrogen) atoms. The van der Waals surface area contributed by atoms with Gasteiger partial charge in [-0.1, -0.05) is 12.1 Å². The molecule has 0 bridgehead atoms. The minimum Gasteiger partial charge on any atom is -0.383 e. The van der Waals surface area contributed by atoms with Gasteiger partial charge in [-0.15, -0.1) is 11.3 Å². The summed E-state index contributed by atoms with van der Waals surface area (Å²) < 4.78 is 53.5. The Morgan fingerprint density at radius 3 is 2.55 bits per heavy atom. The first-order chi connectivity index (χ1) is 19.1. The maximum absolute atomic E-state index is 13.4. The number of halogens is 4. The highest BCUT2D eigenvalue weighted by molar-refractivity contribution is 7.15. The molecule has 4 N–H and O–H groups in total. The Hall–Kier alpha value is -4.65. The van der Waals surface area contributed by atoms with E-state index < -0.39 is 29.5 Å². The lowest BCUT2D eigenvalue weighted by Gasteiger charge is -2.17. The van der Waals surface area contributed by atoms with E-state index in [2.05, 4.69) is 30.6 Å². The Labute approximate surface area is 229 Å². The Morgan fingerprint density at radius 2 is 1.80 bits per heavy atom. The normalized spacial score (nSPS) is 12.3. The van der Waals surface area contributed by atoms with Crippen molar-refractivity contribution in [3.05, 3.63) is 94.6 Å². The number of aromatic nitrogens is 4. The number of hydrogen-bond donors (Lipinski definition) is 3. The van der Waals surface area contributed by atoms with Crippen molar-refractivity contribution in [1.29, 1.82) is 0 Å². The molecule has 5 rings (SSSR count). The number of amides is 1. The molecule has 0 aliphatic carbocycles. The minimum atomic E-state index is -4.69. The molecule has 0 saturated heterocycles. The first-order valence-corrected chi connectivity index (χ1v) is 12.7. The molecule has 1 amide bonds. The quantitative estimate of drug-likeness (QED) is 0.207. The van der Waals surface area contributed by atoms with E-state index >= 15 is 0 Å². The summed E-state index contributed by atoms with van der Waals surface area (Å²) in [6.07, 6.45) is -1.05. The van der Waals surface area contributed by atoms with Gasteiger partial charge in [0.05, 0.1) is 46.0 Å². The number of nitrogens with one attached hydrogen (secondary N) is 2. The number of thiophene rings is 1. The van der Waals surface area contributed by atoms with Crippen molar-refractivity contribution in [1.82, 2.24) is 25.3 Å². The number of nitrogens with two attached hydrogens (primary N) is 1. The molecule has 0 spiro atoms. The predicted molar refractivity (Wildman–Crippen MR) is 144 cm³/mol. The van der Waals surface area contributed by atoms with Crippen LogP contribution in [0.15, 0.2) is 67.3 Å². The molecule has 4 heterocycles. The van der Waals surface area contributed by atoms with Crippen LogP contribution in [0.3, 0.4) is 0 Å². The second-order valence-corrected chi connectivity index (χ2v) is 10.00. The third-order valence-corrected chi connectivity index (χ3v) is 7.18. The SMILES string of the molecule is CC(NC(=O)c1cc(C(F)(F)F)cnc1NCc1ccc(-c2cc3c(N)ncnc3cn2)s1)c1ccc(F)cc1. The van der Waals surface area contributed by atoms with Crippen molar-refractivity contribution in [2.24, 2.45) is 0 Å². The van der Waals surface area contributed by atoms with Crippen LogP contribution < -0.4 is 16.4 Å². The lowest BCUT2D eigenvalue weighted by atomic mass is 10.1. The summed E-state index contributed by atoms with van der Waals surface area (Å²) in [5.41, 5.74) is 6.49. The zero-order valence-corrected chi connectivity index (χ0v) is 21.6. The topological polar surface area (TPSA) is 119 Å². The number of anilines is 2. The van der Waals surface area contributed by atoms with Crippen LogP contribution in [0.5, 0.6) is 0 Å². The van der Waals surface area contributed by atoms with Crippen LogP contribution in [0.4, 0.5) is 29.2 Å². The maximum Gasteiger partial charge on any atom is 0.417 e. The van der Waals surface area contributed by atoms with E-state index in [0.29, 0.717) is 34.2 Å². The number of alkyl halides is 3. The largest absolute Gasteiger partial charge is 0.417 e. The van der Waals surface area contributed by atoms with Gasteiger partial charge in [-0.25, -0.2) is 19.3 Å². The summed E-state index contributed by atoms with van der Waals surface area (Å²) in [6, 6.07) is 11.1. The highest BCUT2D eigenvalue weighted by Crippen LogP contribution is 2.32. The molecule has 4 aromatic heterocycles. The number of benzene rings is 1. The molecule has 0 saturated carbocycles. The van der Waals surface area contributed by atoms with E-state index in [4.69, 9.17) is 5.73 Å². The van der Waals surface area contributed by atoms with Crippen LogP contribution in [0.2, 0.25) is 0 Å². The monoisotopic (exact) mass is 567 g/mol. The van der Waals surface area contributed by atoms with Gasteiger partial charge in [-0.3, -0.25) is 9.78 Å². The summed E-state index contributed by atoms with van der Waals surface area (Å²) in [7, 11) is 0. The number of pyridine rings is 2. The molecule has 5 aromatic rings. The second kappa shape index (κ2) is 10.8. The molecule has 13 heteroatoms. The Balaban J connectivity index is 1.36. The summed E-state index contributed by atoms with van der Waals surface area (Å²) in [5, 5.41) is 6.30. The van der Waals surface area contributed by atoms with Gasteiger partial charge < -0.3 is 16.4 Å². The molecular formula is C27H21F4N7OS. The minimum absolute atomic E-state index is 0.0134. The van der Waals surface area contributed by atoms with Gasteiger partial charge in [-0.2, -0.15) is 13.2 Å². The van der Waals surface area contributed by atoms with E-state index in [0.717, 1.165) is 15.8 Å². The van der Waals surface area contributed by atoms with Gasteiger partial charge in [0.25, 0.3) is 5.91 Å². The van der Waals surface area contributed by atoms with Crippen LogP contribution in [0.1, 0.15) is 39.3 Å². The number of nitrogens with zero attached hydrogens (tertiary/aromatic N) is 4. The van der Waals surface area contributed by atoms with Gasteiger partial charge in [0.1, 0.15) is 23.8 Å². The fraction of sp³-hybridized carbons (Fsp3) is 0.148. The first-order valence-electron chi connectivity index (χ1n) is 11.9. The zero-order chi connectivity index (χ0) is 28.4. The molecule has 8 nitrogen and oxygen atoms in total. The molecule has 1 atom stereocenters. The van der Waals surface area contributed by atoms with Crippen molar-refractivity contribution in [3.8, 4) is 10.6 Å². The Morgan fingerprint density at radius 1 is 1.02 bits per heavy atom. The fourth-order valence-corrected chi connectivity index (χ4v) is 4.85. The van der Waals surface area contributed by atoms with Crippen molar-refractivity contribution in [2.75, 3.05) is 11.1 Å². The molecular weight excluding hydrogens is 546 g/mol. The number of fused-ring (bicyclic) bond motifs is 1. The van der Waals surface area contributed by atoms with Crippen LogP contribution in [-0.2, 0) is 12.7 Å². The maximum atomic E-state index is 13.4. The number of carbonyl (C=O) groups is 1. The predicted octanol–water partition coefficient (Wildman–Crippen LogP) is 5.99. The van der Waals surface area contributed by atoms with Crippen LogP contribution in [0, 0.1) is 5.82 Å². The van der Waals surface area contributed by atoms with Gasteiger partial charge in [0.15, 0.2) is 0 Å². The third-order valence-electron chi connectivity index (χ3n) is 6.07. The van der Waals surface area contributed by atoms with E-state index in [1.807, 2.05) is 12.1 Å². The molecule has 0 aliphatic rings. The van der Waals surface area contributed by atoms with Crippen molar-refractivity contribution >= 4 is 39.8 Å². The lowest BCUT2D eigenvalue weighted by Crippen LogP contribution is -2.28. The number of carbonyl (C=O) groups excluding carboxylic acids is 1. The van der Waals surface area contributed by atoms with Gasteiger partial charge >= 0.3 is 6.18 Å². The van der Waals surface area contributed by atoms with E-state index in [1.165, 1.54) is 41.9 Å². The third kappa shape index (κ3) is 5.83. The molecule has 0 radical (unpaired) electrons. The highest BCUT2D eigenvalue weighted by Gasteiger charge is 2.33. The summed E-state index contributed by atoms with van der Waals surface area (Å²) in [5.74, 6) is -0.882. The van der Waals surface area contributed by atoms with Crippen LogP contribution in [0.25, 0.3) is 21.5 Å². The van der Waals surface area contributed by atoms with Crippen LogP contribution >= 0.6 is 11.3 Å². The van der Waals surface area contributed by atoms with E-state index in [1.54, 1.807) is 19.2 Å². The number of hydrogen-bond acceptors (Lipinski definition) is 8. The first kappa shape index (κ1) is 26.9. The average molecular weight is 568 g/mol. The standard InChI is InChI=1S/C27H21F4N7OS/c1-14(15-2-4-17(28)5-3-15)38-26(39)20-8-16(27(29,30)31)10-34-25(20)35-11-18-6-7-23(40-18)21-9-19-22(12-33-21)36-13-37-24(19)32/h2-10,12-14H,11H2,1H3,(H,34,35)(H,38,39)(H2,32,36,37). The van der Waals surface area contributed by atoms with Crippen molar-refractivity contribution in [3.63, 3.8) is 0 Å². The summed E-state index contributed by atoms with van der Waals surface area (Å²) in [4.78, 5) is 31.2. The average Bonchev–Trinajstić information content (AvgIpc) is 3.41. The molecule has 204 valence electrons. The van der Waals surface area contributed by atoms with E-state index in [9.17, 15) is 22.4 Å². The fourth-order valence-electron chi connectivity index (χ4n) is 3.94. The molecule has 1 unspecified atom stereocenters. The molecule has 0 aliphatic heterocycles. The summed E-state index contributed by atoms with van der Waals surface area (Å²) in [6.45, 7) is 1.84. The second-order valence-electron chi connectivity index (χ2n) is 8.83. The van der Waals surface area contributed by atoms with Crippen LogP contribution in [-0.4, -0.2) is 25.8 Å². The zero-order valence-electron chi connectivity index (χ0n) is 20.8. The smallest absolute Gasteiger partial charge is 0.383 e. The Kier molecular flexibility index (Phi) is 7.30. The van der Waals surface area contributed by atoms with Gasteiger partial charge in [0.2, 0.25) is 0 Å². The molecule has 0 fully saturated rings. The van der Waals surface area contributed by atoms with E-state index in [-0.39, 0.29) is 17.9 Å². The number of nitrogen functional groups attached to an aromatic ring is 1. The highest BCUT2D eigenvalue weighted by atomic mass is 32.1.